The van der Waals surface area contributed by atoms with E-state index in [4.69, 9.17) is 4.74 Å². The quantitative estimate of drug-likeness (QED) is 0.820. The smallest absolute Gasteiger partial charge is 0.315 e. The number of anilines is 1. The molecule has 1 N–H and O–H groups in total. The second-order valence-corrected chi connectivity index (χ2v) is 5.84. The van der Waals surface area contributed by atoms with Gasteiger partial charge in [0.2, 0.25) is 5.91 Å². The first-order valence-electron chi connectivity index (χ1n) is 6.60. The zero-order valence-electron chi connectivity index (χ0n) is 12.4. The Bertz CT molecular complexity index is 468. The predicted molar refractivity (Wildman–Crippen MR) is 83.1 cm³/mol. The minimum absolute atomic E-state index is 0.100. The van der Waals surface area contributed by atoms with Crippen molar-refractivity contribution >= 4 is 29.3 Å². The molecule has 0 bridgehead atoms. The highest BCUT2D eigenvalue weighted by Gasteiger charge is 2.17. The van der Waals surface area contributed by atoms with Gasteiger partial charge in [-0.05, 0) is 38.8 Å². The number of para-hydroxylation sites is 1. The largest absolute Gasteiger partial charge is 0.465 e. The lowest BCUT2D eigenvalue weighted by molar-refractivity contribution is -0.139. The molecule has 0 aromatic heterocycles. The third-order valence-corrected chi connectivity index (χ3v) is 3.97. The summed E-state index contributed by atoms with van der Waals surface area (Å²) in [5.41, 5.74) is 2.91. The number of aryl methyl sites for hydroxylation is 2. The summed E-state index contributed by atoms with van der Waals surface area (Å²) in [6.07, 6.45) is 0. The average Bonchev–Trinajstić information content (AvgIpc) is 2.40. The van der Waals surface area contributed by atoms with Crippen molar-refractivity contribution in [3.05, 3.63) is 29.3 Å². The molecule has 0 unspecified atom stereocenters. The van der Waals surface area contributed by atoms with Crippen molar-refractivity contribution in [1.29, 1.82) is 0 Å². The molecule has 20 heavy (non-hydrogen) atoms. The highest BCUT2D eigenvalue weighted by Crippen LogP contribution is 2.21. The summed E-state index contributed by atoms with van der Waals surface area (Å²) < 4.78 is 4.84. The van der Waals surface area contributed by atoms with E-state index in [9.17, 15) is 9.59 Å². The third kappa shape index (κ3) is 4.89. The van der Waals surface area contributed by atoms with Crippen LogP contribution in [0.4, 0.5) is 5.69 Å². The summed E-state index contributed by atoms with van der Waals surface area (Å²) >= 11 is 1.28. The summed E-state index contributed by atoms with van der Waals surface area (Å²) in [5.74, 6) is -0.198. The lowest BCUT2D eigenvalue weighted by Crippen LogP contribution is -2.24. The Hall–Kier alpha value is -1.49. The van der Waals surface area contributed by atoms with Gasteiger partial charge in [0, 0.05) is 5.69 Å². The Balaban J connectivity index is 2.56. The second-order valence-electron chi connectivity index (χ2n) is 4.51. The van der Waals surface area contributed by atoms with Gasteiger partial charge in [0.1, 0.15) is 0 Å². The van der Waals surface area contributed by atoms with Crippen LogP contribution in [0.2, 0.25) is 0 Å². The molecule has 0 saturated heterocycles. The third-order valence-electron chi connectivity index (χ3n) is 2.86. The number of carbonyl (C=O) groups excluding carboxylic acids is 2. The van der Waals surface area contributed by atoms with E-state index in [1.807, 2.05) is 32.0 Å². The molecule has 0 heterocycles. The molecule has 1 aromatic carbocycles. The predicted octanol–water partition coefficient (Wildman–Crippen LogP) is 2.93. The number of benzene rings is 1. The van der Waals surface area contributed by atoms with Crippen molar-refractivity contribution in [2.75, 3.05) is 17.7 Å². The average molecular weight is 295 g/mol. The summed E-state index contributed by atoms with van der Waals surface area (Å²) in [7, 11) is 0. The molecule has 4 nitrogen and oxygen atoms in total. The Kier molecular flexibility index (Phi) is 6.58. The Morgan fingerprint density at radius 2 is 1.90 bits per heavy atom. The second kappa shape index (κ2) is 7.94. The fourth-order valence-corrected chi connectivity index (χ4v) is 2.39. The van der Waals surface area contributed by atoms with E-state index >= 15 is 0 Å². The van der Waals surface area contributed by atoms with E-state index in [-0.39, 0.29) is 22.9 Å². The van der Waals surface area contributed by atoms with Crippen LogP contribution in [0.5, 0.6) is 0 Å². The van der Waals surface area contributed by atoms with Gasteiger partial charge in [0.05, 0.1) is 17.6 Å². The minimum Gasteiger partial charge on any atom is -0.465 e. The van der Waals surface area contributed by atoms with Crippen molar-refractivity contribution in [2.45, 2.75) is 32.9 Å². The molecule has 1 aromatic rings. The molecule has 1 rings (SSSR count). The Morgan fingerprint density at radius 3 is 2.45 bits per heavy atom. The van der Waals surface area contributed by atoms with Gasteiger partial charge in [-0.3, -0.25) is 9.59 Å². The fourth-order valence-electron chi connectivity index (χ4n) is 1.71. The first-order valence-corrected chi connectivity index (χ1v) is 7.64. The van der Waals surface area contributed by atoms with E-state index in [0.29, 0.717) is 6.61 Å². The van der Waals surface area contributed by atoms with E-state index < -0.39 is 0 Å². The van der Waals surface area contributed by atoms with Crippen LogP contribution in [0, 0.1) is 13.8 Å². The summed E-state index contributed by atoms with van der Waals surface area (Å²) in [5, 5.41) is 2.62. The molecule has 1 atom stereocenters. The number of rotatable bonds is 6. The van der Waals surface area contributed by atoms with Crippen LogP contribution in [0.15, 0.2) is 18.2 Å². The molecule has 0 aliphatic rings. The molecule has 5 heteroatoms. The van der Waals surface area contributed by atoms with Gasteiger partial charge in [-0.25, -0.2) is 0 Å². The molecule has 1 amide bonds. The van der Waals surface area contributed by atoms with Crippen molar-refractivity contribution in [2.24, 2.45) is 0 Å². The highest BCUT2D eigenvalue weighted by atomic mass is 32.2. The van der Waals surface area contributed by atoms with Gasteiger partial charge in [-0.1, -0.05) is 18.2 Å². The van der Waals surface area contributed by atoms with E-state index in [0.717, 1.165) is 16.8 Å². The van der Waals surface area contributed by atoms with Crippen LogP contribution in [-0.4, -0.2) is 29.5 Å². The van der Waals surface area contributed by atoms with Gasteiger partial charge in [0.25, 0.3) is 0 Å². The first kappa shape index (κ1) is 16.6. The normalized spacial score (nSPS) is 11.8. The van der Waals surface area contributed by atoms with Crippen LogP contribution < -0.4 is 5.32 Å². The molecule has 0 saturated carbocycles. The van der Waals surface area contributed by atoms with Crippen LogP contribution in [-0.2, 0) is 14.3 Å². The van der Waals surface area contributed by atoms with Crippen molar-refractivity contribution in [3.63, 3.8) is 0 Å². The molecule has 0 spiro atoms. The summed E-state index contributed by atoms with van der Waals surface area (Å²) in [6, 6.07) is 5.87. The van der Waals surface area contributed by atoms with Crippen LogP contribution >= 0.6 is 11.8 Å². The number of amides is 1. The van der Waals surface area contributed by atoms with Crippen LogP contribution in [0.1, 0.15) is 25.0 Å². The van der Waals surface area contributed by atoms with E-state index in [1.54, 1.807) is 13.8 Å². The summed E-state index contributed by atoms with van der Waals surface area (Å²) in [6.45, 7) is 7.83. The molecule has 0 aliphatic carbocycles. The number of ether oxygens (including phenoxy) is 1. The van der Waals surface area contributed by atoms with Crippen molar-refractivity contribution in [1.82, 2.24) is 0 Å². The fraction of sp³-hybridized carbons (Fsp3) is 0.467. The first-order chi connectivity index (χ1) is 9.45. The maximum atomic E-state index is 12.1. The number of thioether (sulfide) groups is 1. The van der Waals surface area contributed by atoms with Gasteiger partial charge < -0.3 is 10.1 Å². The lowest BCUT2D eigenvalue weighted by Gasteiger charge is -2.15. The topological polar surface area (TPSA) is 55.4 Å². The molecular formula is C15H21NO3S. The zero-order chi connectivity index (χ0) is 15.1. The van der Waals surface area contributed by atoms with E-state index in [1.165, 1.54) is 11.8 Å². The highest BCUT2D eigenvalue weighted by molar-refractivity contribution is 8.01. The maximum Gasteiger partial charge on any atom is 0.315 e. The van der Waals surface area contributed by atoms with Crippen LogP contribution in [0.25, 0.3) is 0 Å². The van der Waals surface area contributed by atoms with Gasteiger partial charge in [0.15, 0.2) is 0 Å². The monoisotopic (exact) mass is 295 g/mol. The number of nitrogens with one attached hydrogen (secondary N) is 1. The maximum absolute atomic E-state index is 12.1. The Morgan fingerprint density at radius 1 is 1.30 bits per heavy atom. The van der Waals surface area contributed by atoms with Gasteiger partial charge in [-0.2, -0.15) is 0 Å². The van der Waals surface area contributed by atoms with Gasteiger partial charge in [-0.15, -0.1) is 11.8 Å². The molecule has 0 radical (unpaired) electrons. The standard InChI is InChI=1S/C15H21NO3S/c1-5-19-13(17)9-20-12(4)15(18)16-14-10(2)7-6-8-11(14)3/h6-8,12H,5,9H2,1-4H3,(H,16,18)/t12-/m1/s1. The number of esters is 1. The minimum atomic E-state index is -0.307. The lowest BCUT2D eigenvalue weighted by atomic mass is 10.1. The van der Waals surface area contributed by atoms with Gasteiger partial charge >= 0.3 is 5.97 Å². The zero-order valence-corrected chi connectivity index (χ0v) is 13.2. The molecule has 0 fully saturated rings. The Labute approximate surface area is 124 Å². The number of carbonyl (C=O) groups is 2. The molecule has 110 valence electrons. The van der Waals surface area contributed by atoms with Crippen molar-refractivity contribution in [3.8, 4) is 0 Å². The summed E-state index contributed by atoms with van der Waals surface area (Å²) in [4.78, 5) is 23.4. The van der Waals surface area contributed by atoms with Crippen LogP contribution in [0.3, 0.4) is 0 Å². The molecular weight excluding hydrogens is 274 g/mol. The van der Waals surface area contributed by atoms with E-state index in [2.05, 4.69) is 5.32 Å². The number of hydrogen-bond acceptors (Lipinski definition) is 4. The van der Waals surface area contributed by atoms with Crippen molar-refractivity contribution < 1.29 is 14.3 Å². The molecule has 0 aliphatic heterocycles. The number of hydrogen-bond donors (Lipinski definition) is 1. The SMILES string of the molecule is CCOC(=O)CS[C@H](C)C(=O)Nc1c(C)cccc1C.